The van der Waals surface area contributed by atoms with E-state index in [1.807, 2.05) is 0 Å². The predicted octanol–water partition coefficient (Wildman–Crippen LogP) is 1.18. The lowest BCUT2D eigenvalue weighted by Crippen LogP contribution is -2.12. The molecule has 0 aliphatic rings. The molecule has 1 aromatic carbocycles. The molecular weight excluding hydrogens is 222 g/mol. The molecule has 0 bridgehead atoms. The molecule has 15 heavy (non-hydrogen) atoms. The number of carbonyl (C=O) groups excluding carboxylic acids is 1. The number of carboxylic acid groups (broad SMARTS) is 1. The summed E-state index contributed by atoms with van der Waals surface area (Å²) in [5.74, 6) is -1.96. The zero-order valence-electron chi connectivity index (χ0n) is 7.89. The molecule has 0 spiro atoms. The molecule has 1 aromatic rings. The first-order chi connectivity index (χ1) is 6.57. The van der Waals surface area contributed by atoms with Gasteiger partial charge in [-0.05, 0) is 12.1 Å². The molecule has 0 amide bonds. The molecule has 0 aliphatic carbocycles. The van der Waals surface area contributed by atoms with E-state index in [0.29, 0.717) is 0 Å². The monoisotopic (exact) mass is 231 g/mol. The van der Waals surface area contributed by atoms with E-state index in [1.165, 1.54) is 25.3 Å². The number of esters is 1. The van der Waals surface area contributed by atoms with Crippen molar-refractivity contribution in [3.05, 3.63) is 29.3 Å². The first kappa shape index (κ1) is 13.2. The highest BCUT2D eigenvalue weighted by Crippen LogP contribution is 2.17. The van der Waals surface area contributed by atoms with Crippen LogP contribution in [0, 0.1) is 0 Å². The van der Waals surface area contributed by atoms with Crippen molar-refractivity contribution < 1.29 is 19.4 Å². The Kier molecular flexibility index (Phi) is 4.60. The second kappa shape index (κ2) is 5.21. The van der Waals surface area contributed by atoms with Crippen LogP contribution in [0.15, 0.2) is 18.2 Å². The SMILES string of the molecule is COC(=O)c1c(N)cccc1C(=O)O.Cl. The highest BCUT2D eigenvalue weighted by atomic mass is 35.5. The van der Waals surface area contributed by atoms with Gasteiger partial charge < -0.3 is 15.6 Å². The molecule has 5 nitrogen and oxygen atoms in total. The Hall–Kier alpha value is -1.75. The zero-order chi connectivity index (χ0) is 10.7. The maximum atomic E-state index is 11.2. The van der Waals surface area contributed by atoms with E-state index >= 15 is 0 Å². The summed E-state index contributed by atoms with van der Waals surface area (Å²) in [6.45, 7) is 0. The van der Waals surface area contributed by atoms with Crippen molar-refractivity contribution in [3.8, 4) is 0 Å². The third-order valence-corrected chi connectivity index (χ3v) is 1.72. The number of nitrogens with two attached hydrogens (primary N) is 1. The van der Waals surface area contributed by atoms with Crippen LogP contribution < -0.4 is 5.73 Å². The summed E-state index contributed by atoms with van der Waals surface area (Å²) in [6.07, 6.45) is 0. The highest BCUT2D eigenvalue weighted by molar-refractivity contribution is 6.06. The zero-order valence-corrected chi connectivity index (χ0v) is 8.71. The van der Waals surface area contributed by atoms with Gasteiger partial charge in [-0.3, -0.25) is 0 Å². The van der Waals surface area contributed by atoms with Crippen molar-refractivity contribution in [1.82, 2.24) is 0 Å². The van der Waals surface area contributed by atoms with Crippen molar-refractivity contribution >= 4 is 30.0 Å². The van der Waals surface area contributed by atoms with Crippen molar-refractivity contribution in [2.75, 3.05) is 12.8 Å². The minimum Gasteiger partial charge on any atom is -0.478 e. The van der Waals surface area contributed by atoms with Crippen LogP contribution in [0.4, 0.5) is 5.69 Å². The Morgan fingerprint density at radius 1 is 1.40 bits per heavy atom. The number of aromatic carboxylic acids is 1. The number of ether oxygens (including phenoxy) is 1. The summed E-state index contributed by atoms with van der Waals surface area (Å²) in [5.41, 5.74) is 5.30. The van der Waals surface area contributed by atoms with Gasteiger partial charge in [-0.2, -0.15) is 0 Å². The smallest absolute Gasteiger partial charge is 0.340 e. The van der Waals surface area contributed by atoms with Crippen LogP contribution in [-0.2, 0) is 4.74 Å². The summed E-state index contributed by atoms with van der Waals surface area (Å²) in [7, 11) is 1.17. The third kappa shape index (κ3) is 2.60. The molecule has 82 valence electrons. The number of rotatable bonds is 2. The van der Waals surface area contributed by atoms with Gasteiger partial charge in [0.15, 0.2) is 0 Å². The van der Waals surface area contributed by atoms with Gasteiger partial charge in [0.2, 0.25) is 0 Å². The second-order valence-electron chi connectivity index (χ2n) is 2.57. The summed E-state index contributed by atoms with van der Waals surface area (Å²) in [6, 6.07) is 4.20. The molecule has 6 heteroatoms. The minimum atomic E-state index is -1.21. The first-order valence-electron chi connectivity index (χ1n) is 3.78. The highest BCUT2D eigenvalue weighted by Gasteiger charge is 2.19. The Balaban J connectivity index is 0.00000196. The number of nitrogen functional groups attached to an aromatic ring is 1. The van der Waals surface area contributed by atoms with E-state index in [0.717, 1.165) is 0 Å². The molecule has 0 radical (unpaired) electrons. The van der Waals surface area contributed by atoms with Crippen LogP contribution in [-0.4, -0.2) is 24.2 Å². The minimum absolute atomic E-state index is 0. The van der Waals surface area contributed by atoms with Gasteiger partial charge in [-0.25, -0.2) is 9.59 Å². The van der Waals surface area contributed by atoms with Gasteiger partial charge in [-0.1, -0.05) is 6.07 Å². The summed E-state index contributed by atoms with van der Waals surface area (Å²) in [5, 5.41) is 8.77. The van der Waals surface area contributed by atoms with Crippen LogP contribution >= 0.6 is 12.4 Å². The Labute approximate surface area is 92.3 Å². The molecule has 0 fully saturated rings. The van der Waals surface area contributed by atoms with Gasteiger partial charge in [-0.15, -0.1) is 12.4 Å². The molecule has 3 N–H and O–H groups in total. The van der Waals surface area contributed by atoms with Crippen LogP contribution in [0.5, 0.6) is 0 Å². The fourth-order valence-corrected chi connectivity index (χ4v) is 1.08. The summed E-state index contributed by atoms with van der Waals surface area (Å²) < 4.78 is 4.43. The number of hydrogen-bond donors (Lipinski definition) is 2. The van der Waals surface area contributed by atoms with Crippen LogP contribution in [0.2, 0.25) is 0 Å². The van der Waals surface area contributed by atoms with E-state index in [4.69, 9.17) is 10.8 Å². The van der Waals surface area contributed by atoms with Crippen molar-refractivity contribution in [2.45, 2.75) is 0 Å². The van der Waals surface area contributed by atoms with Gasteiger partial charge in [0, 0.05) is 5.69 Å². The molecular formula is C9H10ClNO4. The number of anilines is 1. The van der Waals surface area contributed by atoms with Crippen molar-refractivity contribution in [1.29, 1.82) is 0 Å². The lowest BCUT2D eigenvalue weighted by molar-refractivity contribution is 0.0584. The molecule has 0 atom stereocenters. The van der Waals surface area contributed by atoms with Gasteiger partial charge in [0.25, 0.3) is 0 Å². The van der Waals surface area contributed by atoms with E-state index in [1.54, 1.807) is 0 Å². The number of benzene rings is 1. The normalized spacial score (nSPS) is 8.87. The molecule has 0 heterocycles. The fraction of sp³-hybridized carbons (Fsp3) is 0.111. The lowest BCUT2D eigenvalue weighted by atomic mass is 10.1. The Bertz CT molecular complexity index is 392. The van der Waals surface area contributed by atoms with Crippen LogP contribution in [0.1, 0.15) is 20.7 Å². The van der Waals surface area contributed by atoms with E-state index in [9.17, 15) is 9.59 Å². The quantitative estimate of drug-likeness (QED) is 0.589. The van der Waals surface area contributed by atoms with Crippen molar-refractivity contribution in [3.63, 3.8) is 0 Å². The molecule has 0 saturated carbocycles. The van der Waals surface area contributed by atoms with Gasteiger partial charge in [0.05, 0.1) is 18.2 Å². The number of methoxy groups -OCH3 is 1. The maximum Gasteiger partial charge on any atom is 0.340 e. The van der Waals surface area contributed by atoms with Crippen LogP contribution in [0.3, 0.4) is 0 Å². The van der Waals surface area contributed by atoms with Crippen LogP contribution in [0.25, 0.3) is 0 Å². The lowest BCUT2D eigenvalue weighted by Gasteiger charge is -2.06. The predicted molar refractivity (Wildman–Crippen MR) is 56.4 cm³/mol. The number of carbonyl (C=O) groups is 2. The number of halogens is 1. The van der Waals surface area contributed by atoms with E-state index in [-0.39, 0.29) is 29.2 Å². The molecule has 1 rings (SSSR count). The topological polar surface area (TPSA) is 89.6 Å². The molecule has 0 unspecified atom stereocenters. The first-order valence-corrected chi connectivity index (χ1v) is 3.78. The number of carboxylic acids is 1. The molecule has 0 aliphatic heterocycles. The average molecular weight is 232 g/mol. The Morgan fingerprint density at radius 2 is 2.00 bits per heavy atom. The number of hydrogen-bond acceptors (Lipinski definition) is 4. The average Bonchev–Trinajstić information content (AvgIpc) is 2.16. The third-order valence-electron chi connectivity index (χ3n) is 1.72. The summed E-state index contributed by atoms with van der Waals surface area (Å²) in [4.78, 5) is 21.9. The molecule has 0 aromatic heterocycles. The van der Waals surface area contributed by atoms with E-state index in [2.05, 4.69) is 4.74 Å². The standard InChI is InChI=1S/C9H9NO4.ClH/c1-14-9(13)7-5(8(11)12)3-2-4-6(7)10;/h2-4H,10H2,1H3,(H,11,12);1H. The largest absolute Gasteiger partial charge is 0.478 e. The van der Waals surface area contributed by atoms with Gasteiger partial charge >= 0.3 is 11.9 Å². The maximum absolute atomic E-state index is 11.2. The Morgan fingerprint density at radius 3 is 2.47 bits per heavy atom. The second-order valence-corrected chi connectivity index (χ2v) is 2.57. The summed E-state index contributed by atoms with van der Waals surface area (Å²) >= 11 is 0. The van der Waals surface area contributed by atoms with Crippen molar-refractivity contribution in [2.24, 2.45) is 0 Å². The van der Waals surface area contributed by atoms with Gasteiger partial charge in [0.1, 0.15) is 0 Å². The molecule has 0 saturated heterocycles. The fourth-order valence-electron chi connectivity index (χ4n) is 1.08. The van der Waals surface area contributed by atoms with E-state index < -0.39 is 11.9 Å².